The quantitative estimate of drug-likeness (QED) is 0.539. The Hall–Kier alpha value is -0.170. The molecule has 1 aromatic rings. The minimum atomic E-state index is -0.844. The summed E-state index contributed by atoms with van der Waals surface area (Å²) in [6, 6.07) is 0. The first kappa shape index (κ1) is 12.8. The van der Waals surface area contributed by atoms with Gasteiger partial charge in [0.05, 0.1) is 5.92 Å². The Labute approximate surface area is 103 Å². The van der Waals surface area contributed by atoms with E-state index in [1.54, 1.807) is 6.92 Å². The second-order valence-electron chi connectivity index (χ2n) is 2.49. The second kappa shape index (κ2) is 5.54. The molecule has 1 atom stereocenters. The van der Waals surface area contributed by atoms with Crippen LogP contribution < -0.4 is 35.3 Å². The van der Waals surface area contributed by atoms with Gasteiger partial charge in [0.2, 0.25) is 0 Å². The Morgan fingerprint density at radius 2 is 2.46 bits per heavy atom. The fraction of sp³-hybridized carbons (Fsp3) is 0.500. The van der Waals surface area contributed by atoms with E-state index >= 15 is 0 Å². The topological polar surface area (TPSA) is 89.1 Å². The Kier molecular flexibility index (Phi) is 5.46. The van der Waals surface area contributed by atoms with E-state index in [9.17, 15) is 4.79 Å². The summed E-state index contributed by atoms with van der Waals surface area (Å²) in [7, 11) is 0. The zero-order chi connectivity index (χ0) is 9.14. The maximum Gasteiger partial charge on any atom is 1.00 e. The fourth-order valence-electron chi connectivity index (χ4n) is 0.712. The van der Waals surface area contributed by atoms with Crippen molar-refractivity contribution in [1.29, 1.82) is 0 Å². The van der Waals surface area contributed by atoms with Gasteiger partial charge in [-0.2, -0.15) is 4.37 Å². The van der Waals surface area contributed by atoms with E-state index in [4.69, 9.17) is 10.8 Å². The molecule has 68 valence electrons. The molecule has 1 heterocycles. The molecule has 0 aromatic carbocycles. The van der Waals surface area contributed by atoms with Gasteiger partial charge in [-0.05, 0) is 0 Å². The smallest absolute Gasteiger partial charge is 1.00 e. The summed E-state index contributed by atoms with van der Waals surface area (Å²) in [6.45, 7) is 1.61. The predicted octanol–water partition coefficient (Wildman–Crippen LogP) is -2.50. The Morgan fingerprint density at radius 3 is 2.85 bits per heavy atom. The average Bonchev–Trinajstić information content (AvgIpc) is 2.35. The third-order valence-electron chi connectivity index (χ3n) is 1.39. The molecule has 0 bridgehead atoms. The SMILES string of the molecule is CC(Cc1nsc(N)n1)C(=O)O.[H-].[Na+]. The molecule has 0 radical (unpaired) electrons. The zero-order valence-corrected chi connectivity index (χ0v) is 10.3. The van der Waals surface area contributed by atoms with Crippen LogP contribution in [0.25, 0.3) is 0 Å². The van der Waals surface area contributed by atoms with Gasteiger partial charge < -0.3 is 12.3 Å². The van der Waals surface area contributed by atoms with Crippen molar-refractivity contribution in [3.05, 3.63) is 5.82 Å². The van der Waals surface area contributed by atoms with Crippen molar-refractivity contribution >= 4 is 22.6 Å². The van der Waals surface area contributed by atoms with Crippen molar-refractivity contribution in [3.63, 3.8) is 0 Å². The van der Waals surface area contributed by atoms with Gasteiger partial charge in [0.15, 0.2) is 5.13 Å². The number of carboxylic acids is 1. The van der Waals surface area contributed by atoms with Crippen molar-refractivity contribution in [1.82, 2.24) is 9.36 Å². The van der Waals surface area contributed by atoms with E-state index in [-0.39, 0.29) is 31.0 Å². The van der Waals surface area contributed by atoms with Crippen LogP contribution in [0.3, 0.4) is 0 Å². The number of nitrogen functional groups attached to an aromatic ring is 1. The van der Waals surface area contributed by atoms with Crippen molar-refractivity contribution in [2.45, 2.75) is 13.3 Å². The molecule has 0 saturated carbocycles. The Morgan fingerprint density at radius 1 is 1.85 bits per heavy atom. The fourth-order valence-corrected chi connectivity index (χ4v) is 1.17. The molecule has 0 aliphatic heterocycles. The van der Waals surface area contributed by atoms with Crippen molar-refractivity contribution in [2.24, 2.45) is 5.92 Å². The molecule has 1 unspecified atom stereocenters. The van der Waals surface area contributed by atoms with Gasteiger partial charge in [-0.15, -0.1) is 0 Å². The number of nitrogens with two attached hydrogens (primary N) is 1. The molecule has 0 aliphatic carbocycles. The van der Waals surface area contributed by atoms with E-state index in [0.29, 0.717) is 17.4 Å². The number of hydrogen-bond donors (Lipinski definition) is 2. The van der Waals surface area contributed by atoms with Gasteiger partial charge in [-0.25, -0.2) is 4.98 Å². The molecular formula is C6H10N3NaO2S. The summed E-state index contributed by atoms with van der Waals surface area (Å²) >= 11 is 1.08. The van der Waals surface area contributed by atoms with Gasteiger partial charge in [0.25, 0.3) is 0 Å². The molecule has 1 rings (SSSR count). The predicted molar refractivity (Wildman–Crippen MR) is 45.9 cm³/mol. The van der Waals surface area contributed by atoms with Crippen LogP contribution in [-0.4, -0.2) is 20.4 Å². The van der Waals surface area contributed by atoms with Gasteiger partial charge in [-0.1, -0.05) is 6.92 Å². The van der Waals surface area contributed by atoms with E-state index in [0.717, 1.165) is 11.5 Å². The first-order valence-corrected chi connectivity index (χ1v) is 4.18. The number of aliphatic carboxylic acids is 1. The summed E-state index contributed by atoms with van der Waals surface area (Å²) < 4.78 is 3.88. The Balaban J connectivity index is 0. The van der Waals surface area contributed by atoms with Crippen LogP contribution >= 0.6 is 11.5 Å². The van der Waals surface area contributed by atoms with E-state index in [2.05, 4.69) is 9.36 Å². The zero-order valence-electron chi connectivity index (χ0n) is 8.52. The van der Waals surface area contributed by atoms with Crippen LogP contribution in [0.2, 0.25) is 0 Å². The second-order valence-corrected chi connectivity index (χ2v) is 3.28. The maximum absolute atomic E-state index is 10.4. The molecular weight excluding hydrogens is 201 g/mol. The van der Waals surface area contributed by atoms with Crippen LogP contribution in [0.4, 0.5) is 5.13 Å². The minimum absolute atomic E-state index is 0. The molecule has 0 saturated heterocycles. The number of carboxylic acid groups (broad SMARTS) is 1. The number of anilines is 1. The molecule has 0 fully saturated rings. The average molecular weight is 211 g/mol. The number of aromatic nitrogens is 2. The summed E-state index contributed by atoms with van der Waals surface area (Å²) in [5, 5.41) is 8.94. The molecule has 0 amide bonds. The van der Waals surface area contributed by atoms with Crippen LogP contribution in [0.15, 0.2) is 0 Å². The molecule has 5 nitrogen and oxygen atoms in total. The van der Waals surface area contributed by atoms with Gasteiger partial charge >= 0.3 is 35.5 Å². The third-order valence-corrected chi connectivity index (χ3v) is 1.97. The summed E-state index contributed by atoms with van der Waals surface area (Å²) in [5.74, 6) is -0.797. The Bertz CT molecular complexity index is 296. The molecule has 1 aromatic heterocycles. The maximum atomic E-state index is 10.4. The summed E-state index contributed by atoms with van der Waals surface area (Å²) in [4.78, 5) is 14.3. The number of rotatable bonds is 3. The van der Waals surface area contributed by atoms with Crippen LogP contribution in [0.1, 0.15) is 14.2 Å². The van der Waals surface area contributed by atoms with Crippen molar-refractivity contribution < 1.29 is 40.9 Å². The number of hydrogen-bond acceptors (Lipinski definition) is 5. The van der Waals surface area contributed by atoms with E-state index in [1.807, 2.05) is 0 Å². The standard InChI is InChI=1S/C6H9N3O2S.Na.H/c1-3(5(10)11)2-4-8-6(7)12-9-4;;/h3H,2H2,1H3,(H,10,11)(H2,7,8,9);;/q;+1;-1. The number of nitrogens with zero attached hydrogens (tertiary/aromatic N) is 2. The molecule has 13 heavy (non-hydrogen) atoms. The van der Waals surface area contributed by atoms with Crippen LogP contribution in [-0.2, 0) is 11.2 Å². The molecule has 0 aliphatic rings. The van der Waals surface area contributed by atoms with Crippen LogP contribution in [0.5, 0.6) is 0 Å². The first-order chi connectivity index (χ1) is 5.59. The van der Waals surface area contributed by atoms with Crippen molar-refractivity contribution in [2.75, 3.05) is 5.73 Å². The van der Waals surface area contributed by atoms with E-state index in [1.165, 1.54) is 0 Å². The number of carbonyl (C=O) groups is 1. The molecule has 0 spiro atoms. The largest absolute Gasteiger partial charge is 1.00 e. The van der Waals surface area contributed by atoms with E-state index < -0.39 is 11.9 Å². The minimum Gasteiger partial charge on any atom is -1.00 e. The first-order valence-electron chi connectivity index (χ1n) is 3.40. The van der Waals surface area contributed by atoms with Crippen molar-refractivity contribution in [3.8, 4) is 0 Å². The summed E-state index contributed by atoms with van der Waals surface area (Å²) in [5.41, 5.74) is 5.33. The van der Waals surface area contributed by atoms with Gasteiger partial charge in [0, 0.05) is 18.0 Å². The molecule has 3 N–H and O–H groups in total. The third kappa shape index (κ3) is 4.04. The van der Waals surface area contributed by atoms with Gasteiger partial charge in [-0.3, -0.25) is 4.79 Å². The molecule has 7 heteroatoms. The summed E-state index contributed by atoms with van der Waals surface area (Å²) in [6.07, 6.45) is 0.336. The van der Waals surface area contributed by atoms with Gasteiger partial charge in [0.1, 0.15) is 5.82 Å². The normalized spacial score (nSPS) is 11.8. The van der Waals surface area contributed by atoms with Crippen LogP contribution in [0, 0.1) is 5.92 Å². The monoisotopic (exact) mass is 211 g/mol.